The first-order valence-electron chi connectivity index (χ1n) is 7.27. The molecule has 0 aliphatic carbocycles. The first-order chi connectivity index (χ1) is 9.55. The number of hydrogen-bond acceptors (Lipinski definition) is 3. The fourth-order valence-corrected chi connectivity index (χ4v) is 1.89. The Kier molecular flexibility index (Phi) is 7.26. The van der Waals surface area contributed by atoms with Crippen LogP contribution in [0.4, 0.5) is 5.69 Å². The van der Waals surface area contributed by atoms with Crippen molar-refractivity contribution in [1.82, 2.24) is 4.90 Å². The fraction of sp³-hybridized carbons (Fsp3) is 0.562. The molecule has 0 unspecified atom stereocenters. The molecule has 20 heavy (non-hydrogen) atoms. The first-order valence-corrected chi connectivity index (χ1v) is 7.27. The van der Waals surface area contributed by atoms with Gasteiger partial charge in [0.15, 0.2) is 0 Å². The molecule has 1 aromatic rings. The average Bonchev–Trinajstić information content (AvgIpc) is 2.43. The van der Waals surface area contributed by atoms with Crippen LogP contribution >= 0.6 is 0 Å². The van der Waals surface area contributed by atoms with E-state index in [9.17, 15) is 4.79 Å². The largest absolute Gasteiger partial charge is 0.369 e. The second-order valence-electron chi connectivity index (χ2n) is 5.07. The third-order valence-corrected chi connectivity index (χ3v) is 3.06. The van der Waals surface area contributed by atoms with Crippen molar-refractivity contribution in [3.05, 3.63) is 29.8 Å². The van der Waals surface area contributed by atoms with E-state index in [1.807, 2.05) is 32.0 Å². The summed E-state index contributed by atoms with van der Waals surface area (Å²) in [5, 5.41) is 2.86. The van der Waals surface area contributed by atoms with Crippen LogP contribution in [0.1, 0.15) is 33.3 Å². The smallest absolute Gasteiger partial charge is 0.250 e. The highest BCUT2D eigenvalue weighted by atomic mass is 16.5. The van der Waals surface area contributed by atoms with Gasteiger partial charge >= 0.3 is 0 Å². The molecule has 1 amide bonds. The Morgan fingerprint density at radius 3 is 2.60 bits per heavy atom. The Balaban J connectivity index is 2.57. The number of anilines is 1. The van der Waals surface area contributed by atoms with E-state index in [4.69, 9.17) is 4.74 Å². The fourth-order valence-electron chi connectivity index (χ4n) is 1.89. The Morgan fingerprint density at radius 2 is 2.00 bits per heavy atom. The molecule has 4 nitrogen and oxygen atoms in total. The molecule has 0 aliphatic rings. The molecule has 0 bridgehead atoms. The molecule has 1 N–H and O–H groups in total. The molecule has 1 aromatic carbocycles. The minimum Gasteiger partial charge on any atom is -0.369 e. The summed E-state index contributed by atoms with van der Waals surface area (Å²) >= 11 is 0. The number of amides is 1. The highest BCUT2D eigenvalue weighted by Gasteiger charge is 2.06. The lowest BCUT2D eigenvalue weighted by atomic mass is 10.2. The van der Waals surface area contributed by atoms with Gasteiger partial charge in [0, 0.05) is 12.2 Å². The molecular formula is C16H26N2O2. The summed E-state index contributed by atoms with van der Waals surface area (Å²) in [6.07, 6.45) is 0.0646. The molecule has 0 aromatic heterocycles. The third kappa shape index (κ3) is 6.17. The highest BCUT2D eigenvalue weighted by molar-refractivity contribution is 5.91. The molecule has 112 valence electrons. The molecular weight excluding hydrogens is 252 g/mol. The van der Waals surface area contributed by atoms with E-state index in [0.29, 0.717) is 0 Å². The van der Waals surface area contributed by atoms with Crippen LogP contribution in [0.2, 0.25) is 0 Å². The van der Waals surface area contributed by atoms with Crippen LogP contribution in [-0.4, -0.2) is 36.6 Å². The standard InChI is InChI=1S/C16H26N2O2/c1-5-18(6-2)11-14-8-7-9-15(10-14)17-16(19)12-20-13(3)4/h7-10,13H,5-6,11-12H2,1-4H3,(H,17,19). The lowest BCUT2D eigenvalue weighted by molar-refractivity contribution is -0.121. The van der Waals surface area contributed by atoms with Crippen LogP contribution in [0.5, 0.6) is 0 Å². The number of rotatable bonds is 8. The first kappa shape index (κ1) is 16.7. The van der Waals surface area contributed by atoms with E-state index in [0.717, 1.165) is 25.3 Å². The minimum atomic E-state index is -0.112. The van der Waals surface area contributed by atoms with Gasteiger partial charge in [-0.05, 0) is 44.6 Å². The van der Waals surface area contributed by atoms with Gasteiger partial charge in [-0.1, -0.05) is 26.0 Å². The number of ether oxygens (including phenoxy) is 1. The zero-order valence-electron chi connectivity index (χ0n) is 13.0. The van der Waals surface area contributed by atoms with E-state index >= 15 is 0 Å². The number of benzene rings is 1. The predicted molar refractivity (Wildman–Crippen MR) is 82.8 cm³/mol. The highest BCUT2D eigenvalue weighted by Crippen LogP contribution is 2.12. The number of hydrogen-bond donors (Lipinski definition) is 1. The second kappa shape index (κ2) is 8.72. The van der Waals surface area contributed by atoms with Gasteiger partial charge in [-0.2, -0.15) is 0 Å². The van der Waals surface area contributed by atoms with Gasteiger partial charge in [-0.25, -0.2) is 0 Å². The molecule has 0 aliphatic heterocycles. The van der Waals surface area contributed by atoms with Gasteiger partial charge in [0.2, 0.25) is 5.91 Å². The van der Waals surface area contributed by atoms with Crippen LogP contribution in [-0.2, 0) is 16.1 Å². The van der Waals surface area contributed by atoms with Crippen LogP contribution in [0.25, 0.3) is 0 Å². The van der Waals surface area contributed by atoms with Gasteiger partial charge in [0.1, 0.15) is 6.61 Å². The van der Waals surface area contributed by atoms with E-state index in [-0.39, 0.29) is 18.6 Å². The lowest BCUT2D eigenvalue weighted by Gasteiger charge is -2.18. The van der Waals surface area contributed by atoms with E-state index in [2.05, 4.69) is 30.1 Å². The van der Waals surface area contributed by atoms with Crippen molar-refractivity contribution in [3.63, 3.8) is 0 Å². The van der Waals surface area contributed by atoms with Gasteiger partial charge < -0.3 is 10.1 Å². The number of nitrogens with zero attached hydrogens (tertiary/aromatic N) is 1. The van der Waals surface area contributed by atoms with Crippen molar-refractivity contribution in [1.29, 1.82) is 0 Å². The van der Waals surface area contributed by atoms with Crippen molar-refractivity contribution in [2.75, 3.05) is 25.0 Å². The zero-order valence-corrected chi connectivity index (χ0v) is 13.0. The quantitative estimate of drug-likeness (QED) is 0.795. The maximum absolute atomic E-state index is 11.7. The van der Waals surface area contributed by atoms with E-state index < -0.39 is 0 Å². The van der Waals surface area contributed by atoms with Crippen LogP contribution in [0.15, 0.2) is 24.3 Å². The van der Waals surface area contributed by atoms with Crippen LogP contribution < -0.4 is 5.32 Å². The Morgan fingerprint density at radius 1 is 1.30 bits per heavy atom. The Labute approximate surface area is 122 Å². The zero-order chi connectivity index (χ0) is 15.0. The molecule has 0 heterocycles. The van der Waals surface area contributed by atoms with Gasteiger partial charge in [0.05, 0.1) is 6.10 Å². The molecule has 1 rings (SSSR count). The Bertz CT molecular complexity index is 415. The van der Waals surface area contributed by atoms with Crippen molar-refractivity contribution < 1.29 is 9.53 Å². The number of nitrogens with one attached hydrogen (secondary N) is 1. The monoisotopic (exact) mass is 278 g/mol. The van der Waals surface area contributed by atoms with Crippen LogP contribution in [0, 0.1) is 0 Å². The third-order valence-electron chi connectivity index (χ3n) is 3.06. The molecule has 0 saturated heterocycles. The molecule has 0 spiro atoms. The summed E-state index contributed by atoms with van der Waals surface area (Å²) in [5.74, 6) is -0.112. The normalized spacial score (nSPS) is 11.1. The number of carbonyl (C=O) groups excluding carboxylic acids is 1. The van der Waals surface area contributed by atoms with Gasteiger partial charge in [-0.15, -0.1) is 0 Å². The van der Waals surface area contributed by atoms with Gasteiger partial charge in [0.25, 0.3) is 0 Å². The van der Waals surface area contributed by atoms with E-state index in [1.165, 1.54) is 5.56 Å². The number of carbonyl (C=O) groups is 1. The molecule has 0 atom stereocenters. The molecule has 0 radical (unpaired) electrons. The van der Waals surface area contributed by atoms with Crippen molar-refractivity contribution in [2.45, 2.75) is 40.3 Å². The predicted octanol–water partition coefficient (Wildman–Crippen LogP) is 2.89. The van der Waals surface area contributed by atoms with Crippen LogP contribution in [0.3, 0.4) is 0 Å². The summed E-state index contributed by atoms with van der Waals surface area (Å²) in [6, 6.07) is 7.97. The van der Waals surface area contributed by atoms with E-state index in [1.54, 1.807) is 0 Å². The van der Waals surface area contributed by atoms with Gasteiger partial charge in [-0.3, -0.25) is 9.69 Å². The second-order valence-corrected chi connectivity index (χ2v) is 5.07. The summed E-state index contributed by atoms with van der Waals surface area (Å²) in [5.41, 5.74) is 2.03. The maximum atomic E-state index is 11.7. The molecule has 4 heteroatoms. The molecule has 0 fully saturated rings. The minimum absolute atomic E-state index is 0.0646. The average molecular weight is 278 g/mol. The SMILES string of the molecule is CCN(CC)Cc1cccc(NC(=O)COC(C)C)c1. The Hall–Kier alpha value is -1.39. The summed E-state index contributed by atoms with van der Waals surface area (Å²) in [7, 11) is 0. The lowest BCUT2D eigenvalue weighted by Crippen LogP contribution is -2.22. The molecule has 0 saturated carbocycles. The topological polar surface area (TPSA) is 41.6 Å². The van der Waals surface area contributed by atoms with Crippen molar-refractivity contribution in [2.24, 2.45) is 0 Å². The maximum Gasteiger partial charge on any atom is 0.250 e. The van der Waals surface area contributed by atoms with Crippen molar-refractivity contribution in [3.8, 4) is 0 Å². The van der Waals surface area contributed by atoms with Crippen molar-refractivity contribution >= 4 is 11.6 Å². The summed E-state index contributed by atoms with van der Waals surface area (Å²) in [4.78, 5) is 14.1. The summed E-state index contributed by atoms with van der Waals surface area (Å²) in [6.45, 7) is 11.2. The summed E-state index contributed by atoms with van der Waals surface area (Å²) < 4.78 is 5.29.